The van der Waals surface area contributed by atoms with Crippen molar-refractivity contribution in [2.75, 3.05) is 0 Å². The summed E-state index contributed by atoms with van der Waals surface area (Å²) >= 11 is 0. The fourth-order valence-corrected chi connectivity index (χ4v) is 3.79. The number of allylic oxidation sites excluding steroid dienone is 3. The molecule has 0 N–H and O–H groups in total. The van der Waals surface area contributed by atoms with Crippen LogP contribution in [0.1, 0.15) is 43.7 Å². The number of benzene rings is 2. The van der Waals surface area contributed by atoms with Crippen molar-refractivity contribution in [3.8, 4) is 0 Å². The zero-order valence-corrected chi connectivity index (χ0v) is 15.5. The average Bonchev–Trinajstić information content (AvgIpc) is 2.71. The van der Waals surface area contributed by atoms with E-state index in [0.717, 1.165) is 6.07 Å². The Hall–Kier alpha value is -2.43. The molecule has 0 radical (unpaired) electrons. The Morgan fingerprint density at radius 1 is 1.00 bits per heavy atom. The van der Waals surface area contributed by atoms with Gasteiger partial charge in [-0.05, 0) is 56.0 Å². The standard InChI is InChI=1S/C23H21F5/c1-3-5-16-12-15-10-11-17(21(26)18(15)23(28)20(16)25)22(27)19(24)14-8-6-13(4-2)7-9-14/h3-5,10-14H,2,6-9H2,1H3/b5-3+,22-19?. The number of halogens is 5. The third kappa shape index (κ3) is 3.62. The van der Waals surface area contributed by atoms with Gasteiger partial charge in [0, 0.05) is 17.0 Å². The van der Waals surface area contributed by atoms with Crippen molar-refractivity contribution in [2.45, 2.75) is 32.6 Å². The van der Waals surface area contributed by atoms with Crippen LogP contribution in [-0.4, -0.2) is 0 Å². The first kappa shape index (κ1) is 20.3. The maximum atomic E-state index is 14.8. The molecule has 1 fully saturated rings. The highest BCUT2D eigenvalue weighted by molar-refractivity contribution is 5.89. The molecular weight excluding hydrogens is 371 g/mol. The molecule has 1 aliphatic carbocycles. The van der Waals surface area contributed by atoms with E-state index in [1.165, 1.54) is 24.3 Å². The predicted molar refractivity (Wildman–Crippen MR) is 103 cm³/mol. The molecule has 0 heterocycles. The summed E-state index contributed by atoms with van der Waals surface area (Å²) in [7, 11) is 0. The second-order valence-corrected chi connectivity index (χ2v) is 7.13. The van der Waals surface area contributed by atoms with Gasteiger partial charge in [0.15, 0.2) is 17.5 Å². The maximum Gasteiger partial charge on any atom is 0.170 e. The number of fused-ring (bicyclic) bond motifs is 1. The molecule has 0 aliphatic heterocycles. The normalized spacial score (nSPS) is 21.2. The van der Waals surface area contributed by atoms with Gasteiger partial charge in [0.05, 0.1) is 5.39 Å². The molecule has 0 aromatic heterocycles. The molecule has 2 aromatic carbocycles. The molecule has 0 atom stereocenters. The molecule has 148 valence electrons. The van der Waals surface area contributed by atoms with Crippen molar-refractivity contribution in [3.05, 3.63) is 71.3 Å². The van der Waals surface area contributed by atoms with Crippen LogP contribution >= 0.6 is 0 Å². The highest BCUT2D eigenvalue weighted by Crippen LogP contribution is 2.39. The van der Waals surface area contributed by atoms with Gasteiger partial charge in [-0.25, -0.2) is 22.0 Å². The molecule has 0 bridgehead atoms. The molecule has 0 spiro atoms. The zero-order valence-electron chi connectivity index (χ0n) is 15.5. The van der Waals surface area contributed by atoms with Crippen LogP contribution in [0, 0.1) is 29.3 Å². The second-order valence-electron chi connectivity index (χ2n) is 7.13. The summed E-state index contributed by atoms with van der Waals surface area (Å²) in [6.45, 7) is 5.35. The van der Waals surface area contributed by atoms with Crippen molar-refractivity contribution in [1.82, 2.24) is 0 Å². The van der Waals surface area contributed by atoms with Gasteiger partial charge in [-0.3, -0.25) is 0 Å². The van der Waals surface area contributed by atoms with Crippen LogP contribution in [0.5, 0.6) is 0 Å². The molecule has 2 aromatic rings. The van der Waals surface area contributed by atoms with Crippen LogP contribution in [0.3, 0.4) is 0 Å². The van der Waals surface area contributed by atoms with Crippen molar-refractivity contribution < 1.29 is 22.0 Å². The van der Waals surface area contributed by atoms with Crippen LogP contribution in [0.25, 0.3) is 22.7 Å². The van der Waals surface area contributed by atoms with Crippen molar-refractivity contribution in [2.24, 2.45) is 11.8 Å². The summed E-state index contributed by atoms with van der Waals surface area (Å²) < 4.78 is 72.8. The second kappa shape index (κ2) is 8.29. The summed E-state index contributed by atoms with van der Waals surface area (Å²) in [6, 6.07) is 3.61. The fraction of sp³-hybridized carbons (Fsp3) is 0.304. The van der Waals surface area contributed by atoms with E-state index in [1.54, 1.807) is 13.0 Å². The van der Waals surface area contributed by atoms with Crippen molar-refractivity contribution in [3.63, 3.8) is 0 Å². The highest BCUT2D eigenvalue weighted by atomic mass is 19.2. The summed E-state index contributed by atoms with van der Waals surface area (Å²) in [6.07, 6.45) is 6.90. The average molecular weight is 392 g/mol. The van der Waals surface area contributed by atoms with Crippen LogP contribution in [0.2, 0.25) is 0 Å². The first-order valence-corrected chi connectivity index (χ1v) is 9.30. The summed E-state index contributed by atoms with van der Waals surface area (Å²) in [5.41, 5.74) is -0.728. The number of rotatable bonds is 4. The van der Waals surface area contributed by atoms with Gasteiger partial charge in [0.25, 0.3) is 0 Å². The highest BCUT2D eigenvalue weighted by Gasteiger charge is 2.28. The summed E-state index contributed by atoms with van der Waals surface area (Å²) in [5.74, 6) is -6.70. The Bertz CT molecular complexity index is 963. The van der Waals surface area contributed by atoms with Crippen LogP contribution in [0.4, 0.5) is 22.0 Å². The van der Waals surface area contributed by atoms with E-state index in [-0.39, 0.29) is 16.9 Å². The van der Waals surface area contributed by atoms with E-state index >= 15 is 0 Å². The van der Waals surface area contributed by atoms with Gasteiger partial charge in [-0.15, -0.1) is 6.58 Å². The third-order valence-electron chi connectivity index (χ3n) is 5.41. The SMILES string of the molecule is C=CC1CCC(C(F)=C(F)c2ccc3cc(/C=C/C)c(F)c(F)c3c2F)CC1. The minimum Gasteiger partial charge on any atom is -0.208 e. The number of hydrogen-bond acceptors (Lipinski definition) is 0. The topological polar surface area (TPSA) is 0 Å². The quantitative estimate of drug-likeness (QED) is 0.367. The summed E-state index contributed by atoms with van der Waals surface area (Å²) in [5, 5.41) is -0.602. The van der Waals surface area contributed by atoms with E-state index in [9.17, 15) is 22.0 Å². The van der Waals surface area contributed by atoms with Crippen LogP contribution < -0.4 is 0 Å². The Labute approximate surface area is 161 Å². The van der Waals surface area contributed by atoms with E-state index in [2.05, 4.69) is 6.58 Å². The van der Waals surface area contributed by atoms with E-state index in [4.69, 9.17) is 0 Å². The molecule has 1 saturated carbocycles. The molecule has 3 rings (SSSR count). The molecule has 5 heteroatoms. The molecule has 0 unspecified atom stereocenters. The minimum absolute atomic E-state index is 0.0409. The van der Waals surface area contributed by atoms with Crippen LogP contribution in [0.15, 0.2) is 42.8 Å². The first-order valence-electron chi connectivity index (χ1n) is 9.30. The largest absolute Gasteiger partial charge is 0.208 e. The fourth-order valence-electron chi connectivity index (χ4n) is 3.79. The zero-order chi connectivity index (χ0) is 20.4. The van der Waals surface area contributed by atoms with Crippen molar-refractivity contribution in [1.29, 1.82) is 0 Å². The predicted octanol–water partition coefficient (Wildman–Crippen LogP) is 7.89. The Morgan fingerprint density at radius 2 is 1.68 bits per heavy atom. The Balaban J connectivity index is 2.06. The third-order valence-corrected chi connectivity index (χ3v) is 5.41. The van der Waals surface area contributed by atoms with Gasteiger partial charge in [0.2, 0.25) is 0 Å². The monoisotopic (exact) mass is 392 g/mol. The lowest BCUT2D eigenvalue weighted by molar-refractivity contribution is 0.305. The van der Waals surface area contributed by atoms with Gasteiger partial charge in [-0.2, -0.15) is 0 Å². The molecule has 0 amide bonds. The Morgan fingerprint density at radius 3 is 2.29 bits per heavy atom. The lowest BCUT2D eigenvalue weighted by atomic mass is 9.81. The van der Waals surface area contributed by atoms with Gasteiger partial charge >= 0.3 is 0 Å². The van der Waals surface area contributed by atoms with Crippen molar-refractivity contribution >= 4 is 22.7 Å². The van der Waals surface area contributed by atoms with E-state index in [0.29, 0.717) is 25.7 Å². The molecule has 0 saturated heterocycles. The minimum atomic E-state index is -1.41. The molecular formula is C23H21F5. The lowest BCUT2D eigenvalue weighted by Gasteiger charge is -2.25. The molecule has 28 heavy (non-hydrogen) atoms. The Kier molecular flexibility index (Phi) is 6.01. The number of hydrogen-bond donors (Lipinski definition) is 0. The lowest BCUT2D eigenvalue weighted by Crippen LogP contribution is -2.14. The molecule has 0 nitrogen and oxygen atoms in total. The van der Waals surface area contributed by atoms with Crippen LogP contribution in [-0.2, 0) is 0 Å². The van der Waals surface area contributed by atoms with E-state index in [1.807, 2.05) is 0 Å². The maximum absolute atomic E-state index is 14.8. The summed E-state index contributed by atoms with van der Waals surface area (Å²) in [4.78, 5) is 0. The molecule has 1 aliphatic rings. The van der Waals surface area contributed by atoms with Gasteiger partial charge < -0.3 is 0 Å². The first-order chi connectivity index (χ1) is 13.4. The van der Waals surface area contributed by atoms with E-state index < -0.39 is 46.0 Å². The van der Waals surface area contributed by atoms with Gasteiger partial charge in [0.1, 0.15) is 11.6 Å². The van der Waals surface area contributed by atoms with Gasteiger partial charge in [-0.1, -0.05) is 24.3 Å². The smallest absolute Gasteiger partial charge is 0.170 e.